The third-order valence-corrected chi connectivity index (χ3v) is 8.15. The van der Waals surface area contributed by atoms with Gasteiger partial charge >= 0.3 is 0 Å². The number of amides is 1. The molecule has 1 amide bonds. The van der Waals surface area contributed by atoms with Gasteiger partial charge in [0.05, 0.1) is 0 Å². The number of fused-ring (bicyclic) bond motifs is 1. The van der Waals surface area contributed by atoms with Crippen LogP contribution in [-0.2, 0) is 11.2 Å². The van der Waals surface area contributed by atoms with Gasteiger partial charge in [-0.05, 0) is 89.4 Å². The molecule has 3 aromatic carbocycles. The highest BCUT2D eigenvalue weighted by Gasteiger charge is 2.25. The number of ether oxygens (including phenoxy) is 1. The summed E-state index contributed by atoms with van der Waals surface area (Å²) in [5.41, 5.74) is 8.64. The Morgan fingerprint density at radius 2 is 1.85 bits per heavy atom. The van der Waals surface area contributed by atoms with Crippen LogP contribution in [0.3, 0.4) is 0 Å². The average Bonchev–Trinajstić information content (AvgIpc) is 3.36. The number of hydrogen-bond acceptors (Lipinski definition) is 3. The van der Waals surface area contributed by atoms with Crippen LogP contribution in [-0.4, -0.2) is 55.5 Å². The predicted molar refractivity (Wildman–Crippen MR) is 162 cm³/mol. The van der Waals surface area contributed by atoms with Gasteiger partial charge in [-0.1, -0.05) is 65.7 Å². The summed E-state index contributed by atoms with van der Waals surface area (Å²) in [5.74, 6) is 0.880. The molecule has 0 bridgehead atoms. The number of likely N-dealkylation sites (N-methyl/N-ethyl adjacent to an activating group) is 1. The number of aryl methyl sites for hydroxylation is 1. The van der Waals surface area contributed by atoms with E-state index in [2.05, 4.69) is 54.3 Å². The highest BCUT2D eigenvalue weighted by Crippen LogP contribution is 2.44. The Kier molecular flexibility index (Phi) is 8.46. The van der Waals surface area contributed by atoms with Gasteiger partial charge in [0, 0.05) is 49.9 Å². The van der Waals surface area contributed by atoms with E-state index < -0.39 is 0 Å². The summed E-state index contributed by atoms with van der Waals surface area (Å²) in [5, 5.41) is 1.32. The molecular formula is C33H34Cl2N2O2. The molecule has 2 aliphatic rings. The third kappa shape index (κ3) is 6.24. The van der Waals surface area contributed by atoms with Crippen molar-refractivity contribution in [3.05, 3.63) is 111 Å². The van der Waals surface area contributed by atoms with Crippen molar-refractivity contribution in [1.82, 2.24) is 9.80 Å². The van der Waals surface area contributed by atoms with Gasteiger partial charge in [-0.2, -0.15) is 0 Å². The zero-order valence-electron chi connectivity index (χ0n) is 22.7. The van der Waals surface area contributed by atoms with Gasteiger partial charge in [-0.25, -0.2) is 0 Å². The van der Waals surface area contributed by atoms with Crippen LogP contribution in [0.5, 0.6) is 5.75 Å². The first-order chi connectivity index (χ1) is 18.8. The lowest BCUT2D eigenvalue weighted by atomic mass is 9.78. The summed E-state index contributed by atoms with van der Waals surface area (Å²) < 4.78 is 6.35. The Bertz CT molecular complexity index is 1430. The van der Waals surface area contributed by atoms with E-state index in [-0.39, 0.29) is 12.0 Å². The van der Waals surface area contributed by atoms with E-state index in [9.17, 15) is 4.79 Å². The van der Waals surface area contributed by atoms with Crippen molar-refractivity contribution in [2.24, 2.45) is 0 Å². The number of nitrogens with zero attached hydrogens (tertiary/aromatic N) is 2. The molecule has 0 aromatic heterocycles. The molecule has 39 heavy (non-hydrogen) atoms. The Labute approximate surface area is 241 Å². The Balaban J connectivity index is 1.36. The minimum absolute atomic E-state index is 0.00874. The van der Waals surface area contributed by atoms with E-state index in [0.717, 1.165) is 55.8 Å². The average molecular weight is 562 g/mol. The topological polar surface area (TPSA) is 32.8 Å². The zero-order valence-corrected chi connectivity index (χ0v) is 24.2. The van der Waals surface area contributed by atoms with Gasteiger partial charge in [0.2, 0.25) is 5.91 Å². The standard InChI is InChI=1S/C33H34Cl2N2O2/c1-22-6-4-7-29-27(22)15-16-30(28-14-11-24(34)20-31(28)35)33(29)23-9-12-25(13-10-23)39-26-17-19-37(21-26)18-5-8-32(38)36(2)3/h4-14,20,26H,15-19,21H2,1-3H3/b8-5+/t26-/m0/s1. The maximum Gasteiger partial charge on any atom is 0.245 e. The summed E-state index contributed by atoms with van der Waals surface area (Å²) >= 11 is 12.9. The van der Waals surface area contributed by atoms with Gasteiger partial charge < -0.3 is 9.64 Å². The Hall–Kier alpha value is -3.05. The second kappa shape index (κ2) is 12.0. The van der Waals surface area contributed by atoms with E-state index in [1.54, 1.807) is 25.1 Å². The van der Waals surface area contributed by atoms with Crippen molar-refractivity contribution in [3.8, 4) is 5.75 Å². The predicted octanol–water partition coefficient (Wildman–Crippen LogP) is 7.30. The summed E-state index contributed by atoms with van der Waals surface area (Å²) in [6, 6.07) is 20.8. The molecule has 0 spiro atoms. The number of carbonyl (C=O) groups is 1. The van der Waals surface area contributed by atoms with E-state index in [0.29, 0.717) is 10.0 Å². The van der Waals surface area contributed by atoms with Crippen LogP contribution in [0.15, 0.2) is 72.8 Å². The molecule has 1 heterocycles. The molecule has 1 atom stereocenters. The molecule has 1 saturated heterocycles. The molecular weight excluding hydrogens is 527 g/mol. The molecule has 0 saturated carbocycles. The number of rotatable bonds is 7. The number of benzene rings is 3. The van der Waals surface area contributed by atoms with Crippen molar-refractivity contribution < 1.29 is 9.53 Å². The van der Waals surface area contributed by atoms with Crippen molar-refractivity contribution in [3.63, 3.8) is 0 Å². The summed E-state index contributed by atoms with van der Waals surface area (Å²) in [4.78, 5) is 15.6. The lowest BCUT2D eigenvalue weighted by Crippen LogP contribution is -2.25. The van der Waals surface area contributed by atoms with E-state index in [1.165, 1.54) is 27.8 Å². The van der Waals surface area contributed by atoms with Gasteiger partial charge in [-0.15, -0.1) is 0 Å². The lowest BCUT2D eigenvalue weighted by Gasteiger charge is -2.26. The van der Waals surface area contributed by atoms with Crippen molar-refractivity contribution in [1.29, 1.82) is 0 Å². The van der Waals surface area contributed by atoms with E-state index in [1.807, 2.05) is 24.3 Å². The third-order valence-electron chi connectivity index (χ3n) is 7.60. The van der Waals surface area contributed by atoms with Crippen LogP contribution in [0.4, 0.5) is 0 Å². The molecule has 6 heteroatoms. The molecule has 0 unspecified atom stereocenters. The smallest absolute Gasteiger partial charge is 0.245 e. The SMILES string of the molecule is Cc1cccc2c1CCC(c1ccc(Cl)cc1Cl)=C2c1ccc(O[C@H]2CCN(C/C=C/C(=O)N(C)C)C2)cc1. The minimum atomic E-state index is 0.00874. The molecule has 4 nitrogen and oxygen atoms in total. The lowest BCUT2D eigenvalue weighted by molar-refractivity contribution is -0.123. The fourth-order valence-corrected chi connectivity index (χ4v) is 6.07. The Morgan fingerprint density at radius 1 is 1.05 bits per heavy atom. The molecule has 1 aliphatic heterocycles. The first kappa shape index (κ1) is 27.5. The van der Waals surface area contributed by atoms with Crippen LogP contribution < -0.4 is 4.74 Å². The fourth-order valence-electron chi connectivity index (χ4n) is 5.54. The molecule has 5 rings (SSSR count). The number of likely N-dealkylation sites (tertiary alicyclic amines) is 1. The zero-order chi connectivity index (χ0) is 27.5. The largest absolute Gasteiger partial charge is 0.489 e. The molecule has 3 aromatic rings. The van der Waals surface area contributed by atoms with Gasteiger partial charge in [0.15, 0.2) is 0 Å². The maximum atomic E-state index is 11.8. The van der Waals surface area contributed by atoms with Crippen LogP contribution >= 0.6 is 23.2 Å². The van der Waals surface area contributed by atoms with Crippen molar-refractivity contribution in [2.75, 3.05) is 33.7 Å². The monoisotopic (exact) mass is 560 g/mol. The first-order valence-electron chi connectivity index (χ1n) is 13.4. The number of hydrogen-bond donors (Lipinski definition) is 0. The summed E-state index contributed by atoms with van der Waals surface area (Å²) in [6.45, 7) is 4.74. The Morgan fingerprint density at radius 3 is 2.59 bits per heavy atom. The molecule has 0 N–H and O–H groups in total. The molecule has 1 aliphatic carbocycles. The normalized spacial score (nSPS) is 17.5. The maximum absolute atomic E-state index is 11.8. The first-order valence-corrected chi connectivity index (χ1v) is 14.2. The highest BCUT2D eigenvalue weighted by molar-refractivity contribution is 6.36. The van der Waals surface area contributed by atoms with Crippen molar-refractivity contribution in [2.45, 2.75) is 32.3 Å². The van der Waals surface area contributed by atoms with Gasteiger partial charge in [0.25, 0.3) is 0 Å². The molecule has 1 fully saturated rings. The fraction of sp³-hybridized carbons (Fsp3) is 0.303. The minimum Gasteiger partial charge on any atom is -0.489 e. The van der Waals surface area contributed by atoms with Crippen LogP contribution in [0.2, 0.25) is 10.0 Å². The number of carbonyl (C=O) groups excluding carboxylic acids is 1. The van der Waals surface area contributed by atoms with Crippen LogP contribution in [0, 0.1) is 6.92 Å². The summed E-state index contributed by atoms with van der Waals surface area (Å²) in [7, 11) is 3.52. The quantitative estimate of drug-likeness (QED) is 0.284. The van der Waals surface area contributed by atoms with E-state index in [4.69, 9.17) is 27.9 Å². The van der Waals surface area contributed by atoms with Crippen LogP contribution in [0.25, 0.3) is 11.1 Å². The molecule has 202 valence electrons. The van der Waals surface area contributed by atoms with Gasteiger partial charge in [0.1, 0.15) is 11.9 Å². The second-order valence-corrected chi connectivity index (χ2v) is 11.4. The number of allylic oxidation sites excluding steroid dienone is 1. The summed E-state index contributed by atoms with van der Waals surface area (Å²) in [6.07, 6.45) is 6.57. The van der Waals surface area contributed by atoms with Gasteiger partial charge in [-0.3, -0.25) is 9.69 Å². The highest BCUT2D eigenvalue weighted by atomic mass is 35.5. The number of halogens is 2. The molecule has 0 radical (unpaired) electrons. The van der Waals surface area contributed by atoms with Crippen molar-refractivity contribution >= 4 is 40.3 Å². The van der Waals surface area contributed by atoms with E-state index >= 15 is 0 Å². The van der Waals surface area contributed by atoms with Crippen LogP contribution in [0.1, 0.15) is 40.7 Å². The second-order valence-electron chi connectivity index (χ2n) is 10.5.